The third kappa shape index (κ3) is 1.83. The van der Waals surface area contributed by atoms with E-state index in [-0.39, 0.29) is 5.82 Å². The monoisotopic (exact) mass is 278 g/mol. The molecule has 2 aliphatic rings. The minimum atomic E-state index is -0.175. The predicted molar refractivity (Wildman–Crippen MR) is 74.4 cm³/mol. The summed E-state index contributed by atoms with van der Waals surface area (Å²) in [5.74, 6) is -0.175. The molecule has 0 spiro atoms. The van der Waals surface area contributed by atoms with Gasteiger partial charge in [-0.05, 0) is 31.9 Å². The molecule has 0 aliphatic carbocycles. The maximum Gasteiger partial charge on any atom is 0.186 e. The lowest BCUT2D eigenvalue weighted by atomic mass is 10.2. The largest absolute Gasteiger partial charge is 0.371 e. The molecule has 2 fully saturated rings. The third-order valence-corrected chi connectivity index (χ3v) is 5.13. The highest BCUT2D eigenvalue weighted by molar-refractivity contribution is 7.22. The van der Waals surface area contributed by atoms with Crippen LogP contribution in [0.3, 0.4) is 0 Å². The van der Waals surface area contributed by atoms with Gasteiger partial charge in [0.25, 0.3) is 0 Å². The lowest BCUT2D eigenvalue weighted by Gasteiger charge is -2.31. The van der Waals surface area contributed by atoms with E-state index in [1.54, 1.807) is 18.3 Å². The van der Waals surface area contributed by atoms with Crippen LogP contribution < -0.4 is 4.90 Å². The average molecular weight is 278 g/mol. The molecule has 4 rings (SSSR count). The summed E-state index contributed by atoms with van der Waals surface area (Å²) < 4.78 is 20.5. The number of anilines is 1. The summed E-state index contributed by atoms with van der Waals surface area (Å²) in [6.07, 6.45) is 3.01. The molecule has 0 N–H and O–H groups in total. The minimum absolute atomic E-state index is 0.175. The fraction of sp³-hybridized carbons (Fsp3) is 0.500. The first-order valence-electron chi connectivity index (χ1n) is 6.67. The zero-order valence-electron chi connectivity index (χ0n) is 10.7. The highest BCUT2D eigenvalue weighted by Gasteiger charge is 2.34. The van der Waals surface area contributed by atoms with E-state index in [9.17, 15) is 4.39 Å². The van der Waals surface area contributed by atoms with Crippen molar-refractivity contribution in [2.75, 3.05) is 18.0 Å². The lowest BCUT2D eigenvalue weighted by molar-refractivity contribution is 0.0305. The molecule has 1 aromatic heterocycles. The molecule has 2 unspecified atom stereocenters. The lowest BCUT2D eigenvalue weighted by Crippen LogP contribution is -2.42. The molecular formula is C14H15FN2OS. The van der Waals surface area contributed by atoms with Crippen molar-refractivity contribution in [3.63, 3.8) is 0 Å². The molecule has 19 heavy (non-hydrogen) atoms. The van der Waals surface area contributed by atoms with Gasteiger partial charge >= 0.3 is 0 Å². The van der Waals surface area contributed by atoms with Crippen molar-refractivity contribution in [2.45, 2.75) is 32.0 Å². The van der Waals surface area contributed by atoms with Gasteiger partial charge in [0.15, 0.2) is 5.13 Å². The van der Waals surface area contributed by atoms with Crippen LogP contribution in [0, 0.1) is 12.7 Å². The van der Waals surface area contributed by atoms with Gasteiger partial charge in [-0.3, -0.25) is 0 Å². The number of ether oxygens (including phenoxy) is 1. The maximum absolute atomic E-state index is 13.6. The van der Waals surface area contributed by atoms with E-state index in [0.29, 0.717) is 17.8 Å². The fourth-order valence-corrected chi connectivity index (χ4v) is 4.04. The van der Waals surface area contributed by atoms with Gasteiger partial charge in [0, 0.05) is 18.7 Å². The molecule has 2 atom stereocenters. The van der Waals surface area contributed by atoms with E-state index in [0.717, 1.165) is 41.3 Å². The number of morpholine rings is 1. The Morgan fingerprint density at radius 2 is 2.05 bits per heavy atom. The van der Waals surface area contributed by atoms with Gasteiger partial charge in [0.1, 0.15) is 5.82 Å². The second kappa shape index (κ2) is 4.15. The molecule has 0 saturated carbocycles. The van der Waals surface area contributed by atoms with Gasteiger partial charge in [0.05, 0.1) is 22.4 Å². The van der Waals surface area contributed by atoms with Gasteiger partial charge < -0.3 is 9.64 Å². The number of hydrogen-bond acceptors (Lipinski definition) is 4. The highest BCUT2D eigenvalue weighted by Crippen LogP contribution is 2.35. The van der Waals surface area contributed by atoms with Crippen molar-refractivity contribution in [3.8, 4) is 0 Å². The summed E-state index contributed by atoms with van der Waals surface area (Å²) in [6, 6.07) is 3.36. The number of nitrogens with zero attached hydrogens (tertiary/aromatic N) is 2. The van der Waals surface area contributed by atoms with E-state index in [1.165, 1.54) is 6.07 Å². The van der Waals surface area contributed by atoms with Gasteiger partial charge in [0.2, 0.25) is 0 Å². The normalized spacial score (nSPS) is 26.3. The van der Waals surface area contributed by atoms with Crippen LogP contribution in [0.5, 0.6) is 0 Å². The van der Waals surface area contributed by atoms with Crippen LogP contribution in [0.2, 0.25) is 0 Å². The molecule has 2 bridgehead atoms. The molecule has 2 aliphatic heterocycles. The Morgan fingerprint density at radius 3 is 2.79 bits per heavy atom. The van der Waals surface area contributed by atoms with Crippen molar-refractivity contribution in [3.05, 3.63) is 23.5 Å². The second-order valence-corrected chi connectivity index (χ2v) is 6.39. The predicted octanol–water partition coefficient (Wildman–Crippen LogP) is 3.11. The van der Waals surface area contributed by atoms with Gasteiger partial charge in [-0.25, -0.2) is 9.37 Å². The van der Waals surface area contributed by atoms with Crippen molar-refractivity contribution >= 4 is 26.7 Å². The number of halogens is 1. The topological polar surface area (TPSA) is 25.4 Å². The number of benzene rings is 1. The van der Waals surface area contributed by atoms with Crippen molar-refractivity contribution in [1.82, 2.24) is 4.98 Å². The van der Waals surface area contributed by atoms with Crippen LogP contribution in [-0.2, 0) is 4.74 Å². The van der Waals surface area contributed by atoms with E-state index in [1.807, 2.05) is 6.07 Å². The molecule has 2 aromatic rings. The van der Waals surface area contributed by atoms with Crippen LogP contribution in [0.25, 0.3) is 10.2 Å². The zero-order chi connectivity index (χ0) is 13.0. The second-order valence-electron chi connectivity index (χ2n) is 5.38. The van der Waals surface area contributed by atoms with E-state index < -0.39 is 0 Å². The number of fused-ring (bicyclic) bond motifs is 3. The Kier molecular flexibility index (Phi) is 2.53. The minimum Gasteiger partial charge on any atom is -0.371 e. The standard InChI is InChI=1S/C14H15FN2OS/c1-8-11(15)4-5-12-13(8)16-14(19-12)17-6-9-2-3-10(7-17)18-9/h4-5,9-10H,2-3,6-7H2,1H3. The van der Waals surface area contributed by atoms with E-state index in [2.05, 4.69) is 9.88 Å². The molecule has 0 radical (unpaired) electrons. The van der Waals surface area contributed by atoms with Crippen LogP contribution in [0.4, 0.5) is 9.52 Å². The van der Waals surface area contributed by atoms with Crippen molar-refractivity contribution in [1.29, 1.82) is 0 Å². The summed E-state index contributed by atoms with van der Waals surface area (Å²) in [6.45, 7) is 3.62. The van der Waals surface area contributed by atoms with Crippen molar-refractivity contribution < 1.29 is 9.13 Å². The first-order valence-corrected chi connectivity index (χ1v) is 7.48. The number of aryl methyl sites for hydroxylation is 1. The molecule has 5 heteroatoms. The summed E-state index contributed by atoms with van der Waals surface area (Å²) in [5.41, 5.74) is 1.45. The number of thiazole rings is 1. The molecule has 1 aromatic carbocycles. The van der Waals surface area contributed by atoms with Gasteiger partial charge in [-0.1, -0.05) is 11.3 Å². The van der Waals surface area contributed by atoms with Gasteiger partial charge in [-0.15, -0.1) is 0 Å². The fourth-order valence-electron chi connectivity index (χ4n) is 3.00. The number of rotatable bonds is 1. The Balaban J connectivity index is 1.73. The quantitative estimate of drug-likeness (QED) is 0.801. The van der Waals surface area contributed by atoms with Crippen LogP contribution >= 0.6 is 11.3 Å². The molecular weight excluding hydrogens is 263 g/mol. The molecule has 100 valence electrons. The SMILES string of the molecule is Cc1c(F)ccc2sc(N3CC4CCC(C3)O4)nc12. The molecule has 2 saturated heterocycles. The first kappa shape index (κ1) is 11.6. The summed E-state index contributed by atoms with van der Waals surface area (Å²) in [7, 11) is 0. The van der Waals surface area contributed by atoms with E-state index in [4.69, 9.17) is 4.74 Å². The average Bonchev–Trinajstić information content (AvgIpc) is 2.98. The Hall–Kier alpha value is -1.20. The zero-order valence-corrected chi connectivity index (χ0v) is 11.5. The third-order valence-electron chi connectivity index (χ3n) is 4.05. The van der Waals surface area contributed by atoms with Crippen LogP contribution in [-0.4, -0.2) is 30.3 Å². The maximum atomic E-state index is 13.6. The smallest absolute Gasteiger partial charge is 0.186 e. The summed E-state index contributed by atoms with van der Waals surface area (Å²) in [4.78, 5) is 6.94. The van der Waals surface area contributed by atoms with Crippen LogP contribution in [0.15, 0.2) is 12.1 Å². The summed E-state index contributed by atoms with van der Waals surface area (Å²) in [5, 5.41) is 1.00. The van der Waals surface area contributed by atoms with Gasteiger partial charge in [-0.2, -0.15) is 0 Å². The first-order chi connectivity index (χ1) is 9.20. The molecule has 3 nitrogen and oxygen atoms in total. The summed E-state index contributed by atoms with van der Waals surface area (Å²) >= 11 is 1.65. The number of aromatic nitrogens is 1. The number of hydrogen-bond donors (Lipinski definition) is 0. The molecule has 3 heterocycles. The highest BCUT2D eigenvalue weighted by atomic mass is 32.1. The Bertz CT molecular complexity index is 630. The Labute approximate surface area is 115 Å². The Morgan fingerprint density at radius 1 is 1.32 bits per heavy atom. The molecule has 0 amide bonds. The van der Waals surface area contributed by atoms with Crippen LogP contribution in [0.1, 0.15) is 18.4 Å². The van der Waals surface area contributed by atoms with E-state index >= 15 is 0 Å². The van der Waals surface area contributed by atoms with Crippen molar-refractivity contribution in [2.24, 2.45) is 0 Å².